The first-order valence-corrected chi connectivity index (χ1v) is 3.68. The van der Waals surface area contributed by atoms with Crippen LogP contribution >= 0.6 is 11.6 Å². The van der Waals surface area contributed by atoms with Crippen molar-refractivity contribution in [1.29, 1.82) is 0 Å². The highest BCUT2D eigenvalue weighted by Gasteiger charge is 2.14. The Morgan fingerprint density at radius 1 is 1.77 bits per heavy atom. The van der Waals surface area contributed by atoms with E-state index in [4.69, 9.17) is 11.6 Å². The number of nitrogens with one attached hydrogen (secondary N) is 1. The number of rotatable bonds is 2. The summed E-state index contributed by atoms with van der Waals surface area (Å²) in [6.45, 7) is 0. The Bertz CT molecular complexity index is 332. The SMILES string of the molecule is CONC(=O)c1ccnc(Cl)c1F. The molecule has 1 amide bonds. The molecule has 1 N–H and O–H groups in total. The average Bonchev–Trinajstić information content (AvgIpc) is 2.10. The van der Waals surface area contributed by atoms with Crippen molar-refractivity contribution in [1.82, 2.24) is 10.5 Å². The van der Waals surface area contributed by atoms with Gasteiger partial charge in [-0.2, -0.15) is 0 Å². The van der Waals surface area contributed by atoms with Crippen LogP contribution in [0.3, 0.4) is 0 Å². The van der Waals surface area contributed by atoms with Crippen molar-refractivity contribution in [3.63, 3.8) is 0 Å². The molecule has 1 rings (SSSR count). The molecule has 0 aliphatic heterocycles. The second-order valence-corrected chi connectivity index (χ2v) is 2.46. The maximum atomic E-state index is 13.1. The Kier molecular flexibility index (Phi) is 3.16. The third-order valence-electron chi connectivity index (χ3n) is 1.29. The van der Waals surface area contributed by atoms with Crippen LogP contribution in [0.25, 0.3) is 0 Å². The largest absolute Gasteiger partial charge is 0.277 e. The standard InChI is InChI=1S/C7H6ClFN2O2/c1-13-11-7(12)4-2-3-10-6(8)5(4)9/h2-3H,1H3,(H,11,12). The molecule has 0 atom stereocenters. The third-order valence-corrected chi connectivity index (χ3v) is 1.55. The van der Waals surface area contributed by atoms with Gasteiger partial charge >= 0.3 is 0 Å². The topological polar surface area (TPSA) is 51.2 Å². The van der Waals surface area contributed by atoms with E-state index in [9.17, 15) is 9.18 Å². The smallest absolute Gasteiger partial charge is 0.277 e. The molecule has 0 fully saturated rings. The van der Waals surface area contributed by atoms with E-state index in [1.165, 1.54) is 19.4 Å². The fraction of sp³-hybridized carbons (Fsp3) is 0.143. The van der Waals surface area contributed by atoms with Crippen molar-refractivity contribution in [3.8, 4) is 0 Å². The molecule has 0 bridgehead atoms. The van der Waals surface area contributed by atoms with Gasteiger partial charge in [0.15, 0.2) is 11.0 Å². The molecule has 0 aliphatic carbocycles. The Morgan fingerprint density at radius 2 is 2.46 bits per heavy atom. The van der Waals surface area contributed by atoms with Crippen molar-refractivity contribution in [2.45, 2.75) is 0 Å². The highest BCUT2D eigenvalue weighted by molar-refractivity contribution is 6.29. The molecule has 0 aromatic carbocycles. The lowest BCUT2D eigenvalue weighted by Crippen LogP contribution is -2.23. The van der Waals surface area contributed by atoms with Crippen molar-refractivity contribution in [2.24, 2.45) is 0 Å². The van der Waals surface area contributed by atoms with Crippen molar-refractivity contribution in [2.75, 3.05) is 7.11 Å². The average molecular weight is 205 g/mol. The number of halogens is 2. The highest BCUT2D eigenvalue weighted by Crippen LogP contribution is 2.14. The summed E-state index contributed by atoms with van der Waals surface area (Å²) in [5, 5.41) is -0.344. The minimum Gasteiger partial charge on any atom is -0.277 e. The van der Waals surface area contributed by atoms with Crippen molar-refractivity contribution in [3.05, 3.63) is 28.8 Å². The molecular weight excluding hydrogens is 199 g/mol. The number of pyridine rings is 1. The van der Waals surface area contributed by atoms with Gasteiger partial charge < -0.3 is 0 Å². The summed E-state index contributed by atoms with van der Waals surface area (Å²) in [5.74, 6) is -1.57. The van der Waals surface area contributed by atoms with Crippen LogP contribution in [-0.2, 0) is 4.84 Å². The van der Waals surface area contributed by atoms with Gasteiger partial charge in [0, 0.05) is 6.20 Å². The number of hydroxylamine groups is 1. The van der Waals surface area contributed by atoms with Gasteiger partial charge in [-0.25, -0.2) is 14.9 Å². The molecule has 0 saturated carbocycles. The van der Waals surface area contributed by atoms with E-state index < -0.39 is 11.7 Å². The maximum Gasteiger partial charge on any atom is 0.277 e. The summed E-state index contributed by atoms with van der Waals surface area (Å²) in [6, 6.07) is 1.20. The van der Waals surface area contributed by atoms with Gasteiger partial charge in [-0.05, 0) is 6.07 Å². The molecule has 4 nitrogen and oxygen atoms in total. The lowest BCUT2D eigenvalue weighted by atomic mass is 10.2. The summed E-state index contributed by atoms with van der Waals surface area (Å²) >= 11 is 5.35. The lowest BCUT2D eigenvalue weighted by molar-refractivity contribution is 0.0533. The molecule has 6 heteroatoms. The number of carbonyl (C=O) groups excluding carboxylic acids is 1. The van der Waals surface area contributed by atoms with E-state index in [-0.39, 0.29) is 10.7 Å². The Morgan fingerprint density at radius 3 is 3.08 bits per heavy atom. The highest BCUT2D eigenvalue weighted by atomic mass is 35.5. The van der Waals surface area contributed by atoms with Crippen LogP contribution in [0.5, 0.6) is 0 Å². The first-order valence-electron chi connectivity index (χ1n) is 3.30. The van der Waals surface area contributed by atoms with Crippen LogP contribution in [0.4, 0.5) is 4.39 Å². The number of hydrogen-bond acceptors (Lipinski definition) is 3. The van der Waals surface area contributed by atoms with E-state index in [1.807, 2.05) is 5.48 Å². The Balaban J connectivity index is 3.01. The molecule has 70 valence electrons. The molecular formula is C7H6ClFN2O2. The predicted octanol–water partition coefficient (Wildman–Crippen LogP) is 1.17. The number of nitrogens with zero attached hydrogens (tertiary/aromatic N) is 1. The van der Waals surface area contributed by atoms with E-state index in [2.05, 4.69) is 9.82 Å². The van der Waals surface area contributed by atoms with Gasteiger partial charge in [0.25, 0.3) is 5.91 Å². The number of aromatic nitrogens is 1. The fourth-order valence-corrected chi connectivity index (χ4v) is 0.899. The van der Waals surface area contributed by atoms with Crippen LogP contribution < -0.4 is 5.48 Å². The van der Waals surface area contributed by atoms with Crippen LogP contribution in [-0.4, -0.2) is 18.0 Å². The molecule has 1 heterocycles. The minimum absolute atomic E-state index is 0.207. The first kappa shape index (κ1) is 9.88. The summed E-state index contributed by atoms with van der Waals surface area (Å²) in [6.07, 6.45) is 1.23. The number of carbonyl (C=O) groups is 1. The third kappa shape index (κ3) is 2.13. The summed E-state index contributed by atoms with van der Waals surface area (Å²) in [4.78, 5) is 18.8. The first-order chi connectivity index (χ1) is 6.16. The summed E-state index contributed by atoms with van der Waals surface area (Å²) in [7, 11) is 1.25. The van der Waals surface area contributed by atoms with Gasteiger partial charge in [0.2, 0.25) is 0 Å². The van der Waals surface area contributed by atoms with E-state index in [0.717, 1.165) is 0 Å². The van der Waals surface area contributed by atoms with Crippen LogP contribution in [0.1, 0.15) is 10.4 Å². The van der Waals surface area contributed by atoms with Gasteiger partial charge in [-0.1, -0.05) is 11.6 Å². The molecule has 1 aromatic rings. The van der Waals surface area contributed by atoms with E-state index in [0.29, 0.717) is 0 Å². The van der Waals surface area contributed by atoms with Gasteiger partial charge in [0.1, 0.15) is 0 Å². The van der Waals surface area contributed by atoms with Crippen LogP contribution in [0.2, 0.25) is 5.15 Å². The molecule has 0 spiro atoms. The second-order valence-electron chi connectivity index (χ2n) is 2.10. The molecule has 13 heavy (non-hydrogen) atoms. The van der Waals surface area contributed by atoms with E-state index >= 15 is 0 Å². The molecule has 0 aliphatic rings. The number of amides is 1. The predicted molar refractivity (Wildman–Crippen MR) is 43.7 cm³/mol. The maximum absolute atomic E-state index is 13.1. The van der Waals surface area contributed by atoms with E-state index in [1.54, 1.807) is 0 Å². The monoisotopic (exact) mass is 204 g/mol. The van der Waals surface area contributed by atoms with Gasteiger partial charge in [0.05, 0.1) is 12.7 Å². The zero-order valence-electron chi connectivity index (χ0n) is 6.67. The fourth-order valence-electron chi connectivity index (χ4n) is 0.741. The second kappa shape index (κ2) is 4.15. The zero-order chi connectivity index (χ0) is 9.84. The lowest BCUT2D eigenvalue weighted by Gasteiger charge is -2.02. The molecule has 0 saturated heterocycles. The quantitative estimate of drug-likeness (QED) is 0.581. The molecule has 0 unspecified atom stereocenters. The normalized spacial score (nSPS) is 9.77. The van der Waals surface area contributed by atoms with Gasteiger partial charge in [-0.15, -0.1) is 0 Å². The van der Waals surface area contributed by atoms with Crippen molar-refractivity contribution < 1.29 is 14.0 Å². The summed E-state index contributed by atoms with van der Waals surface area (Å²) in [5.41, 5.74) is 1.76. The Hall–Kier alpha value is -1.20. The zero-order valence-corrected chi connectivity index (χ0v) is 7.43. The minimum atomic E-state index is -0.862. The van der Waals surface area contributed by atoms with Crippen LogP contribution in [0.15, 0.2) is 12.3 Å². The Labute approximate surface area is 78.6 Å². The van der Waals surface area contributed by atoms with Crippen LogP contribution in [0, 0.1) is 5.82 Å². The van der Waals surface area contributed by atoms with Crippen molar-refractivity contribution >= 4 is 17.5 Å². The molecule has 1 aromatic heterocycles. The number of hydrogen-bond donors (Lipinski definition) is 1. The molecule has 0 radical (unpaired) electrons. The van der Waals surface area contributed by atoms with Gasteiger partial charge in [-0.3, -0.25) is 9.63 Å². The summed E-state index contributed by atoms with van der Waals surface area (Å²) < 4.78 is 13.1.